The van der Waals surface area contributed by atoms with E-state index in [1.165, 1.54) is 17.0 Å². The first kappa shape index (κ1) is 13.4. The van der Waals surface area contributed by atoms with Gasteiger partial charge < -0.3 is 0 Å². The van der Waals surface area contributed by atoms with E-state index in [0.717, 1.165) is 22.8 Å². The highest BCUT2D eigenvalue weighted by molar-refractivity contribution is 5.69. The Morgan fingerprint density at radius 1 is 1.00 bits per heavy atom. The minimum absolute atomic E-state index is 0.0856. The second kappa shape index (κ2) is 4.76. The third kappa shape index (κ3) is 2.10. The van der Waals surface area contributed by atoms with E-state index >= 15 is 0 Å². The van der Waals surface area contributed by atoms with E-state index in [0.29, 0.717) is 5.65 Å². The van der Waals surface area contributed by atoms with Crippen molar-refractivity contribution in [3.63, 3.8) is 0 Å². The molecule has 1 aromatic carbocycles. The van der Waals surface area contributed by atoms with Crippen LogP contribution in [0.25, 0.3) is 17.0 Å². The Bertz CT molecular complexity index is 862. The monoisotopic (exact) mass is 290 g/mol. The fourth-order valence-electron chi connectivity index (χ4n) is 2.31. The zero-order valence-corrected chi connectivity index (χ0v) is 11.4. The fourth-order valence-corrected chi connectivity index (χ4v) is 2.31. The Balaban J connectivity index is 2.43. The molecule has 0 aliphatic carbocycles. The van der Waals surface area contributed by atoms with E-state index in [2.05, 4.69) is 9.97 Å². The van der Waals surface area contributed by atoms with Crippen LogP contribution in [0, 0.1) is 11.6 Å². The number of hydrogen-bond acceptors (Lipinski definition) is 3. The predicted octanol–water partition coefficient (Wildman–Crippen LogP) is 2.44. The smallest absolute Gasteiger partial charge is 0.272 e. The Kier molecular flexibility index (Phi) is 3.04. The van der Waals surface area contributed by atoms with E-state index in [4.69, 9.17) is 0 Å². The summed E-state index contributed by atoms with van der Waals surface area (Å²) in [6.45, 7) is 3.65. The number of rotatable bonds is 2. The van der Waals surface area contributed by atoms with Gasteiger partial charge in [-0.3, -0.25) is 4.57 Å². The Morgan fingerprint density at radius 2 is 1.57 bits per heavy atom. The topological polar surface area (TPSA) is 52.7 Å². The van der Waals surface area contributed by atoms with Gasteiger partial charge in [-0.2, -0.15) is 0 Å². The SMILES string of the molecule is CC(C)n1c(=O)n(-c2cc(F)cc(F)c2)c2nccnc21. The summed E-state index contributed by atoms with van der Waals surface area (Å²) < 4.78 is 29.4. The molecule has 3 aromatic rings. The zero-order valence-electron chi connectivity index (χ0n) is 11.4. The minimum atomic E-state index is -0.758. The number of benzene rings is 1. The van der Waals surface area contributed by atoms with Crippen LogP contribution in [-0.4, -0.2) is 19.1 Å². The molecular formula is C14H12F2N4O. The molecule has 21 heavy (non-hydrogen) atoms. The lowest BCUT2D eigenvalue weighted by molar-refractivity contribution is 0.575. The molecular weight excluding hydrogens is 278 g/mol. The maximum absolute atomic E-state index is 13.4. The van der Waals surface area contributed by atoms with Gasteiger partial charge in [0.2, 0.25) is 0 Å². The molecule has 0 aliphatic rings. The van der Waals surface area contributed by atoms with Crippen LogP contribution in [0.4, 0.5) is 8.78 Å². The van der Waals surface area contributed by atoms with Gasteiger partial charge in [0.15, 0.2) is 11.3 Å². The molecule has 0 aliphatic heterocycles. The van der Waals surface area contributed by atoms with Crippen molar-refractivity contribution in [2.75, 3.05) is 0 Å². The van der Waals surface area contributed by atoms with E-state index in [1.807, 2.05) is 13.8 Å². The summed E-state index contributed by atoms with van der Waals surface area (Å²) in [6.07, 6.45) is 2.90. The number of fused-ring (bicyclic) bond motifs is 1. The van der Waals surface area contributed by atoms with Crippen molar-refractivity contribution in [3.05, 3.63) is 52.7 Å². The van der Waals surface area contributed by atoms with Gasteiger partial charge in [-0.15, -0.1) is 0 Å². The van der Waals surface area contributed by atoms with Crippen LogP contribution in [0.2, 0.25) is 0 Å². The number of hydrogen-bond donors (Lipinski definition) is 0. The number of nitrogens with zero attached hydrogens (tertiary/aromatic N) is 4. The average molecular weight is 290 g/mol. The summed E-state index contributed by atoms with van der Waals surface area (Å²) in [7, 11) is 0. The largest absolute Gasteiger partial charge is 0.336 e. The third-order valence-corrected chi connectivity index (χ3v) is 3.12. The molecule has 0 N–H and O–H groups in total. The molecule has 3 rings (SSSR count). The van der Waals surface area contributed by atoms with E-state index in [9.17, 15) is 13.6 Å². The second-order valence-electron chi connectivity index (χ2n) is 4.91. The molecule has 0 fully saturated rings. The van der Waals surface area contributed by atoms with Crippen LogP contribution >= 0.6 is 0 Å². The van der Waals surface area contributed by atoms with Gasteiger partial charge >= 0.3 is 5.69 Å². The summed E-state index contributed by atoms with van der Waals surface area (Å²) in [5.41, 5.74) is 0.293. The molecule has 0 spiro atoms. The van der Waals surface area contributed by atoms with Crippen LogP contribution in [0.3, 0.4) is 0 Å². The van der Waals surface area contributed by atoms with Gasteiger partial charge in [0, 0.05) is 24.5 Å². The van der Waals surface area contributed by atoms with E-state index in [-0.39, 0.29) is 17.4 Å². The third-order valence-electron chi connectivity index (χ3n) is 3.12. The summed E-state index contributed by atoms with van der Waals surface area (Å²) in [6, 6.07) is 2.77. The molecule has 0 radical (unpaired) electrons. The van der Waals surface area contributed by atoms with Gasteiger partial charge in [-0.25, -0.2) is 28.1 Å². The lowest BCUT2D eigenvalue weighted by atomic mass is 10.3. The molecule has 2 aromatic heterocycles. The van der Waals surface area contributed by atoms with Crippen molar-refractivity contribution in [1.29, 1.82) is 0 Å². The van der Waals surface area contributed by atoms with Gasteiger partial charge in [-0.1, -0.05) is 0 Å². The van der Waals surface area contributed by atoms with E-state index < -0.39 is 17.3 Å². The molecule has 0 amide bonds. The maximum atomic E-state index is 13.4. The summed E-state index contributed by atoms with van der Waals surface area (Å²) in [5, 5.41) is 0. The molecule has 2 heterocycles. The molecule has 7 heteroatoms. The number of aromatic nitrogens is 4. The van der Waals surface area contributed by atoms with Crippen LogP contribution in [0.15, 0.2) is 35.4 Å². The zero-order chi connectivity index (χ0) is 15.1. The Labute approximate surface area is 118 Å². The highest BCUT2D eigenvalue weighted by Crippen LogP contribution is 2.18. The molecule has 0 saturated heterocycles. The average Bonchev–Trinajstić information content (AvgIpc) is 2.69. The van der Waals surface area contributed by atoms with Crippen molar-refractivity contribution in [3.8, 4) is 5.69 Å². The van der Waals surface area contributed by atoms with Crippen molar-refractivity contribution in [2.45, 2.75) is 19.9 Å². The first-order valence-corrected chi connectivity index (χ1v) is 6.39. The van der Waals surface area contributed by atoms with Crippen LogP contribution in [0.5, 0.6) is 0 Å². The lowest BCUT2D eigenvalue weighted by Crippen LogP contribution is -2.24. The quantitative estimate of drug-likeness (QED) is 0.728. The van der Waals surface area contributed by atoms with E-state index in [1.54, 1.807) is 0 Å². The standard InChI is InChI=1S/C14H12F2N4O/c1-8(2)19-12-13(18-4-3-17-12)20(14(19)21)11-6-9(15)5-10(16)7-11/h3-8H,1-2H3. The van der Waals surface area contributed by atoms with Gasteiger partial charge in [0.25, 0.3) is 0 Å². The molecule has 5 nitrogen and oxygen atoms in total. The minimum Gasteiger partial charge on any atom is -0.272 e. The summed E-state index contributed by atoms with van der Waals surface area (Å²) >= 11 is 0. The van der Waals surface area contributed by atoms with Crippen molar-refractivity contribution in [2.24, 2.45) is 0 Å². The van der Waals surface area contributed by atoms with Gasteiger partial charge in [-0.05, 0) is 26.0 Å². The molecule has 0 unspecified atom stereocenters. The molecule has 0 bridgehead atoms. The Morgan fingerprint density at radius 3 is 2.14 bits per heavy atom. The summed E-state index contributed by atoms with van der Waals surface area (Å²) in [4.78, 5) is 20.8. The van der Waals surface area contributed by atoms with Crippen LogP contribution in [0.1, 0.15) is 19.9 Å². The molecule has 0 saturated carbocycles. The first-order chi connectivity index (χ1) is 9.99. The molecule has 108 valence electrons. The highest BCUT2D eigenvalue weighted by atomic mass is 19.1. The van der Waals surface area contributed by atoms with Crippen molar-refractivity contribution >= 4 is 11.3 Å². The Hall–Kier alpha value is -2.57. The lowest BCUT2D eigenvalue weighted by Gasteiger charge is -2.05. The van der Waals surface area contributed by atoms with Gasteiger partial charge in [0.1, 0.15) is 11.6 Å². The number of imidazole rings is 1. The summed E-state index contributed by atoms with van der Waals surface area (Å²) in [5.74, 6) is -1.52. The number of halogens is 2. The second-order valence-corrected chi connectivity index (χ2v) is 4.91. The molecule has 0 atom stereocenters. The van der Waals surface area contributed by atoms with Crippen molar-refractivity contribution in [1.82, 2.24) is 19.1 Å². The van der Waals surface area contributed by atoms with Crippen molar-refractivity contribution < 1.29 is 8.78 Å². The predicted molar refractivity (Wildman–Crippen MR) is 73.4 cm³/mol. The highest BCUT2D eigenvalue weighted by Gasteiger charge is 2.19. The van der Waals surface area contributed by atoms with Crippen LogP contribution in [-0.2, 0) is 0 Å². The normalized spacial score (nSPS) is 11.5. The maximum Gasteiger partial charge on any atom is 0.336 e. The first-order valence-electron chi connectivity index (χ1n) is 6.39. The fraction of sp³-hybridized carbons (Fsp3) is 0.214. The van der Waals surface area contributed by atoms with Gasteiger partial charge in [0.05, 0.1) is 5.69 Å². The van der Waals surface area contributed by atoms with Crippen LogP contribution < -0.4 is 5.69 Å².